The zero-order chi connectivity index (χ0) is 20.2. The fraction of sp³-hybridized carbons (Fsp3) is 0.214. The van der Waals surface area contributed by atoms with Gasteiger partial charge in [-0.15, -0.1) is 0 Å². The summed E-state index contributed by atoms with van der Waals surface area (Å²) in [5.41, 5.74) is 8.40. The highest BCUT2D eigenvalue weighted by Crippen LogP contribution is 2.38. The topological polar surface area (TPSA) is 12.5 Å². The first-order valence-electron chi connectivity index (χ1n) is 10.9. The van der Waals surface area contributed by atoms with Crippen molar-refractivity contribution in [2.75, 3.05) is 26.2 Å². The largest absolute Gasteiger partial charge is 0.492 e. The van der Waals surface area contributed by atoms with E-state index >= 15 is 0 Å². The van der Waals surface area contributed by atoms with Crippen LogP contribution in [0.25, 0.3) is 17.7 Å². The third-order valence-corrected chi connectivity index (χ3v) is 6.14. The Bertz CT molecular complexity index is 1020. The maximum absolute atomic E-state index is 5.90. The fourth-order valence-electron chi connectivity index (χ4n) is 4.55. The Morgan fingerprint density at radius 2 is 1.23 bits per heavy atom. The lowest BCUT2D eigenvalue weighted by atomic mass is 9.86. The molecule has 1 heterocycles. The van der Waals surface area contributed by atoms with Gasteiger partial charge in [-0.2, -0.15) is 0 Å². The predicted octanol–water partition coefficient (Wildman–Crippen LogP) is 6.15. The minimum atomic E-state index is 0.742. The van der Waals surface area contributed by atoms with Gasteiger partial charge < -0.3 is 4.74 Å². The maximum atomic E-state index is 5.90. The molecule has 0 unspecified atom stereocenters. The van der Waals surface area contributed by atoms with Crippen molar-refractivity contribution in [3.8, 4) is 5.75 Å². The van der Waals surface area contributed by atoms with E-state index in [1.165, 1.54) is 27.8 Å². The van der Waals surface area contributed by atoms with E-state index in [9.17, 15) is 0 Å². The first-order valence-corrected chi connectivity index (χ1v) is 10.9. The number of piperidine rings is 1. The van der Waals surface area contributed by atoms with Gasteiger partial charge in [-0.25, -0.2) is 0 Å². The zero-order valence-corrected chi connectivity index (χ0v) is 17.3. The SMILES string of the molecule is C1=Cc2ccccc2C(=C2CCN(CCOc3ccccc3)CC2)c2ccccc21. The Morgan fingerprint density at radius 1 is 0.667 bits per heavy atom. The van der Waals surface area contributed by atoms with Gasteiger partial charge in [-0.1, -0.05) is 84.5 Å². The van der Waals surface area contributed by atoms with Crippen molar-refractivity contribution in [3.63, 3.8) is 0 Å². The lowest BCUT2D eigenvalue weighted by Gasteiger charge is -2.30. The molecule has 0 aromatic heterocycles. The molecule has 0 saturated carbocycles. The first kappa shape index (κ1) is 18.9. The number of ether oxygens (including phenoxy) is 1. The Balaban J connectivity index is 1.34. The lowest BCUT2D eigenvalue weighted by molar-refractivity contribution is 0.199. The summed E-state index contributed by atoms with van der Waals surface area (Å²) in [6.45, 7) is 3.90. The molecule has 0 spiro atoms. The molecule has 0 atom stereocenters. The van der Waals surface area contributed by atoms with E-state index in [4.69, 9.17) is 4.74 Å². The molecule has 5 rings (SSSR count). The monoisotopic (exact) mass is 393 g/mol. The molecular formula is C28H27NO. The Kier molecular flexibility index (Phi) is 5.50. The summed E-state index contributed by atoms with van der Waals surface area (Å²) in [6, 6.07) is 27.7. The lowest BCUT2D eigenvalue weighted by Crippen LogP contribution is -2.34. The van der Waals surface area contributed by atoms with E-state index in [0.29, 0.717) is 0 Å². The molecule has 1 fully saturated rings. The summed E-state index contributed by atoms with van der Waals surface area (Å²) in [6.07, 6.45) is 6.75. The van der Waals surface area contributed by atoms with Crippen LogP contribution < -0.4 is 4.74 Å². The van der Waals surface area contributed by atoms with Gasteiger partial charge in [-0.05, 0) is 52.8 Å². The highest BCUT2D eigenvalue weighted by Gasteiger charge is 2.22. The minimum Gasteiger partial charge on any atom is -0.492 e. The summed E-state index contributed by atoms with van der Waals surface area (Å²) in [5, 5.41) is 0. The maximum Gasteiger partial charge on any atom is 0.119 e. The number of hydrogen-bond donors (Lipinski definition) is 0. The van der Waals surface area contributed by atoms with Gasteiger partial charge in [0, 0.05) is 19.6 Å². The molecule has 0 amide bonds. The normalized spacial score (nSPS) is 16.0. The highest BCUT2D eigenvalue weighted by molar-refractivity contribution is 5.94. The van der Waals surface area contributed by atoms with E-state index in [1.54, 1.807) is 5.57 Å². The van der Waals surface area contributed by atoms with Crippen LogP contribution in [0.3, 0.4) is 0 Å². The van der Waals surface area contributed by atoms with E-state index in [-0.39, 0.29) is 0 Å². The number of hydrogen-bond acceptors (Lipinski definition) is 2. The Hall–Kier alpha value is -3.10. The number of nitrogens with zero attached hydrogens (tertiary/aromatic N) is 1. The molecule has 2 heteroatoms. The summed E-state index contributed by atoms with van der Waals surface area (Å²) in [5.74, 6) is 0.955. The van der Waals surface area contributed by atoms with Crippen molar-refractivity contribution in [3.05, 3.63) is 107 Å². The molecule has 1 aliphatic heterocycles. The Morgan fingerprint density at radius 3 is 1.87 bits per heavy atom. The van der Waals surface area contributed by atoms with Gasteiger partial charge in [-0.3, -0.25) is 4.90 Å². The zero-order valence-electron chi connectivity index (χ0n) is 17.3. The molecule has 2 nitrogen and oxygen atoms in total. The van der Waals surface area contributed by atoms with Crippen molar-refractivity contribution in [1.29, 1.82) is 0 Å². The van der Waals surface area contributed by atoms with Crippen molar-refractivity contribution in [2.24, 2.45) is 0 Å². The van der Waals surface area contributed by atoms with Crippen LogP contribution in [0.4, 0.5) is 0 Å². The van der Waals surface area contributed by atoms with Gasteiger partial charge in [0.15, 0.2) is 0 Å². The van der Waals surface area contributed by atoms with E-state index in [2.05, 4.69) is 65.6 Å². The summed E-state index contributed by atoms with van der Waals surface area (Å²) in [4.78, 5) is 2.53. The van der Waals surface area contributed by atoms with Crippen molar-refractivity contribution >= 4 is 17.7 Å². The minimum absolute atomic E-state index is 0.742. The van der Waals surface area contributed by atoms with Crippen LogP contribution in [0.2, 0.25) is 0 Å². The van der Waals surface area contributed by atoms with Crippen LogP contribution in [0.5, 0.6) is 5.75 Å². The second-order valence-electron chi connectivity index (χ2n) is 7.99. The molecule has 1 saturated heterocycles. The third-order valence-electron chi connectivity index (χ3n) is 6.14. The molecule has 1 aliphatic carbocycles. The van der Waals surface area contributed by atoms with Crippen LogP contribution in [0.15, 0.2) is 84.4 Å². The smallest absolute Gasteiger partial charge is 0.119 e. The number of para-hydroxylation sites is 1. The van der Waals surface area contributed by atoms with Crippen LogP contribution >= 0.6 is 0 Å². The fourth-order valence-corrected chi connectivity index (χ4v) is 4.55. The van der Waals surface area contributed by atoms with E-state index in [0.717, 1.165) is 44.8 Å². The molecule has 150 valence electrons. The standard InChI is InChI=1S/C28H27NO/c1-2-10-25(11-3-1)30-21-20-29-18-16-24(17-19-29)28-26-12-6-4-8-22(26)14-15-23-9-5-7-13-27(23)28/h1-15H,16-21H2. The van der Waals surface area contributed by atoms with Gasteiger partial charge in [0.25, 0.3) is 0 Å². The molecule has 30 heavy (non-hydrogen) atoms. The first-order chi connectivity index (χ1) is 14.9. The molecule has 0 N–H and O–H groups in total. The van der Waals surface area contributed by atoms with Crippen molar-refractivity contribution < 1.29 is 4.74 Å². The number of benzene rings is 3. The second kappa shape index (κ2) is 8.73. The van der Waals surface area contributed by atoms with Gasteiger partial charge in [0.05, 0.1) is 0 Å². The summed E-state index contributed by atoms with van der Waals surface area (Å²) >= 11 is 0. The number of rotatable bonds is 4. The van der Waals surface area contributed by atoms with Gasteiger partial charge in [0.2, 0.25) is 0 Å². The molecule has 3 aromatic rings. The second-order valence-corrected chi connectivity index (χ2v) is 7.99. The van der Waals surface area contributed by atoms with Crippen LogP contribution in [0, 0.1) is 0 Å². The number of likely N-dealkylation sites (tertiary alicyclic amines) is 1. The quantitative estimate of drug-likeness (QED) is 0.412. The average molecular weight is 394 g/mol. The van der Waals surface area contributed by atoms with Crippen LogP contribution in [-0.2, 0) is 0 Å². The Labute approximate surface area is 179 Å². The molecule has 3 aromatic carbocycles. The van der Waals surface area contributed by atoms with Gasteiger partial charge >= 0.3 is 0 Å². The number of fused-ring (bicyclic) bond motifs is 2. The van der Waals surface area contributed by atoms with Crippen LogP contribution in [0.1, 0.15) is 35.1 Å². The predicted molar refractivity (Wildman–Crippen MR) is 125 cm³/mol. The summed E-state index contributed by atoms with van der Waals surface area (Å²) < 4.78 is 5.90. The van der Waals surface area contributed by atoms with E-state index < -0.39 is 0 Å². The van der Waals surface area contributed by atoms with Gasteiger partial charge in [0.1, 0.15) is 12.4 Å². The summed E-state index contributed by atoms with van der Waals surface area (Å²) in [7, 11) is 0. The van der Waals surface area contributed by atoms with Crippen molar-refractivity contribution in [2.45, 2.75) is 12.8 Å². The third kappa shape index (κ3) is 3.96. The van der Waals surface area contributed by atoms with Crippen molar-refractivity contribution in [1.82, 2.24) is 4.90 Å². The molecular weight excluding hydrogens is 366 g/mol. The molecule has 0 bridgehead atoms. The average Bonchev–Trinajstić information content (AvgIpc) is 2.97. The molecule has 2 aliphatic rings. The van der Waals surface area contributed by atoms with Crippen LogP contribution in [-0.4, -0.2) is 31.1 Å². The highest BCUT2D eigenvalue weighted by atomic mass is 16.5. The van der Waals surface area contributed by atoms with E-state index in [1.807, 2.05) is 30.3 Å². The molecule has 0 radical (unpaired) electrons.